The van der Waals surface area contributed by atoms with Gasteiger partial charge in [-0.2, -0.15) is 0 Å². The van der Waals surface area contributed by atoms with Crippen LogP contribution < -0.4 is 15.5 Å². The normalized spacial score (nSPS) is 14.6. The van der Waals surface area contributed by atoms with Crippen LogP contribution in [-0.2, 0) is 9.59 Å². The molecule has 2 N–H and O–H groups in total. The van der Waals surface area contributed by atoms with Gasteiger partial charge in [0.2, 0.25) is 11.8 Å². The van der Waals surface area contributed by atoms with Gasteiger partial charge in [-0.15, -0.1) is 0 Å². The summed E-state index contributed by atoms with van der Waals surface area (Å²) in [5, 5.41) is 5.05. The van der Waals surface area contributed by atoms with E-state index in [1.54, 1.807) is 36.1 Å². The summed E-state index contributed by atoms with van der Waals surface area (Å²) < 4.78 is 26.8. The molecule has 8 heteroatoms. The molecule has 0 radical (unpaired) electrons. The van der Waals surface area contributed by atoms with Crippen LogP contribution in [0.1, 0.15) is 41.7 Å². The average Bonchev–Trinajstić information content (AvgIpc) is 3.12. The quantitative estimate of drug-likeness (QED) is 0.781. The second kappa shape index (κ2) is 8.81. The number of benzene rings is 2. The summed E-state index contributed by atoms with van der Waals surface area (Å²) in [7, 11) is 0. The molecule has 1 aliphatic heterocycles. The Morgan fingerprint density at radius 2 is 1.86 bits per heavy atom. The van der Waals surface area contributed by atoms with Gasteiger partial charge in [0, 0.05) is 35.8 Å². The van der Waals surface area contributed by atoms with Crippen molar-refractivity contribution >= 4 is 23.4 Å². The zero-order valence-corrected chi connectivity index (χ0v) is 15.9. The molecular weight excluding hydrogens is 380 g/mol. The number of rotatable bonds is 6. The lowest BCUT2D eigenvalue weighted by atomic mass is 10.1. The maximum absolute atomic E-state index is 13.8. The molecule has 0 spiro atoms. The standard InChI is InChI=1S/C21H21F2N3O3/c1-13(17-9-6-15(22)11-18(17)23)25-19(27)12-24-21(29)14-4-7-16(8-5-14)26-10-2-3-20(26)28/h4-9,11,13H,2-3,10,12H2,1H3,(H,24,29)(H,25,27)/t13-/m0/s1. The Hall–Kier alpha value is -3.29. The summed E-state index contributed by atoms with van der Waals surface area (Å²) in [6.45, 7) is 1.93. The van der Waals surface area contributed by atoms with E-state index in [0.717, 1.165) is 24.2 Å². The molecule has 29 heavy (non-hydrogen) atoms. The van der Waals surface area contributed by atoms with Gasteiger partial charge in [0.25, 0.3) is 5.91 Å². The number of carbonyl (C=O) groups is 3. The first-order valence-electron chi connectivity index (χ1n) is 9.28. The minimum absolute atomic E-state index is 0.0607. The Kier molecular flexibility index (Phi) is 6.21. The lowest BCUT2D eigenvalue weighted by Gasteiger charge is -2.16. The first-order chi connectivity index (χ1) is 13.8. The number of halogens is 2. The predicted molar refractivity (Wildman–Crippen MR) is 103 cm³/mol. The fraction of sp³-hybridized carbons (Fsp3) is 0.286. The summed E-state index contributed by atoms with van der Waals surface area (Å²) in [5.41, 5.74) is 1.24. The Bertz CT molecular complexity index is 931. The number of nitrogens with one attached hydrogen (secondary N) is 2. The molecule has 0 unspecified atom stereocenters. The molecule has 0 saturated carbocycles. The van der Waals surface area contributed by atoms with Crippen molar-refractivity contribution in [3.63, 3.8) is 0 Å². The van der Waals surface area contributed by atoms with Gasteiger partial charge in [-0.3, -0.25) is 14.4 Å². The highest BCUT2D eigenvalue weighted by atomic mass is 19.1. The van der Waals surface area contributed by atoms with Crippen molar-refractivity contribution in [2.45, 2.75) is 25.8 Å². The van der Waals surface area contributed by atoms with Crippen molar-refractivity contribution in [3.8, 4) is 0 Å². The van der Waals surface area contributed by atoms with E-state index in [9.17, 15) is 23.2 Å². The maximum atomic E-state index is 13.8. The first kappa shape index (κ1) is 20.4. The van der Waals surface area contributed by atoms with Gasteiger partial charge in [0.15, 0.2) is 0 Å². The molecule has 0 bridgehead atoms. The van der Waals surface area contributed by atoms with E-state index in [1.165, 1.54) is 6.07 Å². The van der Waals surface area contributed by atoms with E-state index in [1.807, 2.05) is 0 Å². The molecule has 152 valence electrons. The van der Waals surface area contributed by atoms with E-state index < -0.39 is 29.5 Å². The van der Waals surface area contributed by atoms with Crippen LogP contribution in [0.4, 0.5) is 14.5 Å². The minimum Gasteiger partial charge on any atom is -0.348 e. The summed E-state index contributed by atoms with van der Waals surface area (Å²) in [6, 6.07) is 9.00. The highest BCUT2D eigenvalue weighted by Gasteiger charge is 2.22. The Balaban J connectivity index is 1.52. The third-order valence-electron chi connectivity index (χ3n) is 4.73. The summed E-state index contributed by atoms with van der Waals surface area (Å²) in [6.07, 6.45) is 1.34. The minimum atomic E-state index is -0.751. The molecule has 1 fully saturated rings. The molecule has 1 saturated heterocycles. The number of anilines is 1. The van der Waals surface area contributed by atoms with E-state index >= 15 is 0 Å². The molecular formula is C21H21F2N3O3. The van der Waals surface area contributed by atoms with Crippen molar-refractivity contribution in [3.05, 3.63) is 65.2 Å². The van der Waals surface area contributed by atoms with E-state index in [0.29, 0.717) is 18.5 Å². The van der Waals surface area contributed by atoms with Crippen molar-refractivity contribution in [1.82, 2.24) is 10.6 Å². The van der Waals surface area contributed by atoms with Gasteiger partial charge >= 0.3 is 0 Å². The molecule has 0 aromatic heterocycles. The predicted octanol–water partition coefficient (Wildman–Crippen LogP) is 2.70. The zero-order chi connectivity index (χ0) is 21.0. The van der Waals surface area contributed by atoms with Crippen molar-refractivity contribution in [2.24, 2.45) is 0 Å². The molecule has 3 rings (SSSR count). The number of amides is 3. The summed E-state index contributed by atoms with van der Waals surface area (Å²) >= 11 is 0. The van der Waals surface area contributed by atoms with Gasteiger partial charge in [-0.25, -0.2) is 8.78 Å². The van der Waals surface area contributed by atoms with E-state index in [-0.39, 0.29) is 18.0 Å². The molecule has 0 aliphatic carbocycles. The van der Waals surface area contributed by atoms with Gasteiger partial charge in [0.1, 0.15) is 11.6 Å². The van der Waals surface area contributed by atoms with E-state index in [4.69, 9.17) is 0 Å². The average molecular weight is 401 g/mol. The first-order valence-corrected chi connectivity index (χ1v) is 9.28. The summed E-state index contributed by atoms with van der Waals surface area (Å²) in [4.78, 5) is 37.7. The third kappa shape index (κ3) is 4.96. The molecule has 1 heterocycles. The molecule has 2 aromatic carbocycles. The van der Waals surface area contributed by atoms with Gasteiger partial charge in [-0.1, -0.05) is 6.07 Å². The maximum Gasteiger partial charge on any atom is 0.251 e. The lowest BCUT2D eigenvalue weighted by molar-refractivity contribution is -0.120. The van der Waals surface area contributed by atoms with Crippen LogP contribution in [0, 0.1) is 11.6 Å². The van der Waals surface area contributed by atoms with Crippen LogP contribution >= 0.6 is 0 Å². The Morgan fingerprint density at radius 1 is 1.14 bits per heavy atom. The van der Waals surface area contributed by atoms with Gasteiger partial charge in [0.05, 0.1) is 12.6 Å². The second-order valence-corrected chi connectivity index (χ2v) is 6.83. The number of hydrogen-bond acceptors (Lipinski definition) is 3. The molecule has 1 aliphatic rings. The molecule has 3 amide bonds. The van der Waals surface area contributed by atoms with Gasteiger partial charge < -0.3 is 15.5 Å². The Morgan fingerprint density at radius 3 is 2.48 bits per heavy atom. The molecule has 6 nitrogen and oxygen atoms in total. The largest absolute Gasteiger partial charge is 0.348 e. The number of nitrogens with zero attached hydrogens (tertiary/aromatic N) is 1. The Labute approximate surface area is 166 Å². The van der Waals surface area contributed by atoms with Crippen LogP contribution in [0.25, 0.3) is 0 Å². The van der Waals surface area contributed by atoms with Crippen molar-refractivity contribution in [1.29, 1.82) is 0 Å². The van der Waals surface area contributed by atoms with Crippen LogP contribution in [-0.4, -0.2) is 30.8 Å². The smallest absolute Gasteiger partial charge is 0.251 e. The topological polar surface area (TPSA) is 78.5 Å². The second-order valence-electron chi connectivity index (χ2n) is 6.83. The third-order valence-corrected chi connectivity index (χ3v) is 4.73. The van der Waals surface area contributed by atoms with Crippen LogP contribution in [0.3, 0.4) is 0 Å². The van der Waals surface area contributed by atoms with Crippen LogP contribution in [0.15, 0.2) is 42.5 Å². The van der Waals surface area contributed by atoms with Crippen LogP contribution in [0.2, 0.25) is 0 Å². The monoisotopic (exact) mass is 401 g/mol. The molecule has 1 atom stereocenters. The highest BCUT2D eigenvalue weighted by Crippen LogP contribution is 2.21. The summed E-state index contributed by atoms with van der Waals surface area (Å²) in [5.74, 6) is -2.34. The van der Waals surface area contributed by atoms with Crippen LogP contribution in [0.5, 0.6) is 0 Å². The number of hydrogen-bond donors (Lipinski definition) is 2. The van der Waals surface area contributed by atoms with E-state index in [2.05, 4.69) is 10.6 Å². The zero-order valence-electron chi connectivity index (χ0n) is 15.9. The fourth-order valence-electron chi connectivity index (χ4n) is 3.20. The fourth-order valence-corrected chi connectivity index (χ4v) is 3.20. The lowest BCUT2D eigenvalue weighted by Crippen LogP contribution is -2.38. The van der Waals surface area contributed by atoms with Gasteiger partial charge in [-0.05, 0) is 43.7 Å². The van der Waals surface area contributed by atoms with Crippen molar-refractivity contribution < 1.29 is 23.2 Å². The highest BCUT2D eigenvalue weighted by molar-refractivity contribution is 5.98. The molecule has 2 aromatic rings. The number of carbonyl (C=O) groups excluding carboxylic acids is 3. The van der Waals surface area contributed by atoms with Crippen molar-refractivity contribution in [2.75, 3.05) is 18.0 Å². The SMILES string of the molecule is C[C@H](NC(=O)CNC(=O)c1ccc(N2CCCC2=O)cc1)c1ccc(F)cc1F.